The second-order valence-electron chi connectivity index (χ2n) is 6.33. The Bertz CT molecular complexity index is 521. The number of aryl methyl sites for hydroxylation is 1. The zero-order chi connectivity index (χ0) is 16.1. The van der Waals surface area contributed by atoms with Crippen LogP contribution in [0.4, 0.5) is 0 Å². The second-order valence-corrected chi connectivity index (χ2v) is 6.33. The maximum absolute atomic E-state index is 12.3. The second kappa shape index (κ2) is 7.79. The summed E-state index contributed by atoms with van der Waals surface area (Å²) in [5.41, 5.74) is 1.21. The molecular formula is C18H26N2O3. The van der Waals surface area contributed by atoms with Crippen LogP contribution in [0.5, 0.6) is 5.75 Å². The number of rotatable bonds is 5. The van der Waals surface area contributed by atoms with Gasteiger partial charge < -0.3 is 14.4 Å². The van der Waals surface area contributed by atoms with Gasteiger partial charge in [0.1, 0.15) is 18.5 Å². The van der Waals surface area contributed by atoms with Gasteiger partial charge in [-0.25, -0.2) is 0 Å². The molecule has 0 N–H and O–H groups in total. The molecule has 0 aliphatic carbocycles. The molecule has 1 aromatic rings. The first kappa shape index (κ1) is 16.3. The van der Waals surface area contributed by atoms with Gasteiger partial charge in [-0.3, -0.25) is 9.69 Å². The lowest BCUT2D eigenvalue weighted by molar-refractivity contribution is -0.142. The topological polar surface area (TPSA) is 42.0 Å². The standard InChI is InChI=1S/C18H26N2O3/c1-15-4-2-5-16(14-15)22-13-11-19-7-9-20(10-8-19)18(21)17-6-3-12-23-17/h2,4-5,14,17H,3,6-13H2,1H3/t17-/m0/s1. The van der Waals surface area contributed by atoms with Gasteiger partial charge in [0.2, 0.25) is 0 Å². The average molecular weight is 318 g/mol. The Morgan fingerprint density at radius 3 is 2.83 bits per heavy atom. The Kier molecular flexibility index (Phi) is 5.51. The van der Waals surface area contributed by atoms with Crippen LogP contribution in [0, 0.1) is 6.92 Å². The molecule has 3 rings (SSSR count). The van der Waals surface area contributed by atoms with Crippen molar-refractivity contribution in [2.24, 2.45) is 0 Å². The van der Waals surface area contributed by atoms with Gasteiger partial charge in [-0.1, -0.05) is 12.1 Å². The van der Waals surface area contributed by atoms with Gasteiger partial charge in [-0.05, 0) is 37.5 Å². The molecule has 2 saturated heterocycles. The molecule has 5 nitrogen and oxygen atoms in total. The Balaban J connectivity index is 1.36. The largest absolute Gasteiger partial charge is 0.492 e. The first-order valence-electron chi connectivity index (χ1n) is 8.54. The average Bonchev–Trinajstić information content (AvgIpc) is 3.09. The first-order chi connectivity index (χ1) is 11.2. The maximum Gasteiger partial charge on any atom is 0.251 e. The molecule has 0 bridgehead atoms. The number of nitrogens with zero attached hydrogens (tertiary/aromatic N) is 2. The van der Waals surface area contributed by atoms with Crippen LogP contribution in [0.2, 0.25) is 0 Å². The van der Waals surface area contributed by atoms with Crippen molar-refractivity contribution >= 4 is 5.91 Å². The van der Waals surface area contributed by atoms with Crippen LogP contribution in [-0.2, 0) is 9.53 Å². The van der Waals surface area contributed by atoms with Crippen molar-refractivity contribution in [3.05, 3.63) is 29.8 Å². The van der Waals surface area contributed by atoms with Gasteiger partial charge in [-0.2, -0.15) is 0 Å². The summed E-state index contributed by atoms with van der Waals surface area (Å²) in [6.07, 6.45) is 1.70. The summed E-state index contributed by atoms with van der Waals surface area (Å²) >= 11 is 0. The fourth-order valence-electron chi connectivity index (χ4n) is 3.17. The number of piperazine rings is 1. The van der Waals surface area contributed by atoms with E-state index < -0.39 is 0 Å². The molecule has 5 heteroatoms. The van der Waals surface area contributed by atoms with E-state index in [1.54, 1.807) is 0 Å². The highest BCUT2D eigenvalue weighted by Crippen LogP contribution is 2.16. The van der Waals surface area contributed by atoms with Crippen LogP contribution >= 0.6 is 0 Å². The number of amides is 1. The van der Waals surface area contributed by atoms with Gasteiger partial charge in [0.25, 0.3) is 5.91 Å². The van der Waals surface area contributed by atoms with Crippen LogP contribution < -0.4 is 4.74 Å². The molecular weight excluding hydrogens is 292 g/mol. The Labute approximate surface area is 138 Å². The zero-order valence-electron chi connectivity index (χ0n) is 13.9. The smallest absolute Gasteiger partial charge is 0.251 e. The number of carbonyl (C=O) groups excluding carboxylic acids is 1. The van der Waals surface area contributed by atoms with E-state index in [1.807, 2.05) is 17.0 Å². The summed E-state index contributed by atoms with van der Waals surface area (Å²) in [7, 11) is 0. The number of benzene rings is 1. The molecule has 0 radical (unpaired) electrons. The van der Waals surface area contributed by atoms with E-state index in [0.29, 0.717) is 6.61 Å². The van der Waals surface area contributed by atoms with Gasteiger partial charge in [0, 0.05) is 39.3 Å². The molecule has 0 unspecified atom stereocenters. The Morgan fingerprint density at radius 1 is 1.30 bits per heavy atom. The van der Waals surface area contributed by atoms with Crippen molar-refractivity contribution in [3.8, 4) is 5.75 Å². The van der Waals surface area contributed by atoms with E-state index in [4.69, 9.17) is 9.47 Å². The van der Waals surface area contributed by atoms with E-state index in [1.165, 1.54) is 5.56 Å². The lowest BCUT2D eigenvalue weighted by Gasteiger charge is -2.35. The third-order valence-electron chi connectivity index (χ3n) is 4.55. The van der Waals surface area contributed by atoms with Crippen LogP contribution in [0.15, 0.2) is 24.3 Å². The number of carbonyl (C=O) groups is 1. The van der Waals surface area contributed by atoms with Crippen molar-refractivity contribution in [3.63, 3.8) is 0 Å². The summed E-state index contributed by atoms with van der Waals surface area (Å²) in [5, 5.41) is 0. The van der Waals surface area contributed by atoms with E-state index in [-0.39, 0.29) is 12.0 Å². The summed E-state index contributed by atoms with van der Waals surface area (Å²) < 4.78 is 11.3. The van der Waals surface area contributed by atoms with Crippen LogP contribution in [0.3, 0.4) is 0 Å². The van der Waals surface area contributed by atoms with Gasteiger partial charge in [0.05, 0.1) is 0 Å². The van der Waals surface area contributed by atoms with Gasteiger partial charge in [-0.15, -0.1) is 0 Å². The van der Waals surface area contributed by atoms with Crippen molar-refractivity contribution < 1.29 is 14.3 Å². The molecule has 126 valence electrons. The third-order valence-corrected chi connectivity index (χ3v) is 4.55. The fraction of sp³-hybridized carbons (Fsp3) is 0.611. The highest BCUT2D eigenvalue weighted by Gasteiger charge is 2.30. The highest BCUT2D eigenvalue weighted by molar-refractivity contribution is 5.81. The minimum atomic E-state index is -0.189. The highest BCUT2D eigenvalue weighted by atomic mass is 16.5. The monoisotopic (exact) mass is 318 g/mol. The van der Waals surface area contributed by atoms with E-state index >= 15 is 0 Å². The molecule has 2 aliphatic rings. The molecule has 23 heavy (non-hydrogen) atoms. The third kappa shape index (κ3) is 4.45. The Morgan fingerprint density at radius 2 is 2.13 bits per heavy atom. The molecule has 1 atom stereocenters. The molecule has 0 saturated carbocycles. The number of hydrogen-bond donors (Lipinski definition) is 0. The zero-order valence-corrected chi connectivity index (χ0v) is 13.9. The lowest BCUT2D eigenvalue weighted by Crippen LogP contribution is -2.52. The summed E-state index contributed by atoms with van der Waals surface area (Å²) in [5.74, 6) is 1.11. The van der Waals surface area contributed by atoms with E-state index in [0.717, 1.165) is 57.9 Å². The first-order valence-corrected chi connectivity index (χ1v) is 8.54. The Hall–Kier alpha value is -1.59. The summed E-state index contributed by atoms with van der Waals surface area (Å²) in [6.45, 7) is 7.79. The van der Waals surface area contributed by atoms with Crippen LogP contribution in [-0.4, -0.2) is 67.7 Å². The SMILES string of the molecule is Cc1cccc(OCCN2CCN(C(=O)[C@@H]3CCCO3)CC2)c1. The number of ether oxygens (including phenoxy) is 2. The van der Waals surface area contributed by atoms with Crippen molar-refractivity contribution in [2.75, 3.05) is 45.9 Å². The predicted molar refractivity (Wildman–Crippen MR) is 88.7 cm³/mol. The normalized spacial score (nSPS) is 22.3. The van der Waals surface area contributed by atoms with E-state index in [9.17, 15) is 4.79 Å². The van der Waals surface area contributed by atoms with E-state index in [2.05, 4.69) is 24.0 Å². The molecule has 2 aliphatic heterocycles. The van der Waals surface area contributed by atoms with Crippen molar-refractivity contribution in [1.29, 1.82) is 0 Å². The summed E-state index contributed by atoms with van der Waals surface area (Å²) in [6, 6.07) is 8.13. The maximum atomic E-state index is 12.3. The summed E-state index contributed by atoms with van der Waals surface area (Å²) in [4.78, 5) is 16.6. The molecule has 2 heterocycles. The molecule has 0 spiro atoms. The van der Waals surface area contributed by atoms with Crippen molar-refractivity contribution in [1.82, 2.24) is 9.80 Å². The van der Waals surface area contributed by atoms with Crippen molar-refractivity contribution in [2.45, 2.75) is 25.9 Å². The minimum Gasteiger partial charge on any atom is -0.492 e. The quantitative estimate of drug-likeness (QED) is 0.829. The molecule has 0 aromatic heterocycles. The molecule has 1 aromatic carbocycles. The minimum absolute atomic E-state index is 0.179. The van der Waals surface area contributed by atoms with Gasteiger partial charge >= 0.3 is 0 Å². The molecule has 2 fully saturated rings. The number of hydrogen-bond acceptors (Lipinski definition) is 4. The fourth-order valence-corrected chi connectivity index (χ4v) is 3.17. The molecule has 1 amide bonds. The van der Waals surface area contributed by atoms with Crippen LogP contribution in [0.25, 0.3) is 0 Å². The lowest BCUT2D eigenvalue weighted by atomic mass is 10.2. The van der Waals surface area contributed by atoms with Gasteiger partial charge in [0.15, 0.2) is 0 Å². The predicted octanol–water partition coefficient (Wildman–Crippen LogP) is 1.70. The van der Waals surface area contributed by atoms with Crippen LogP contribution in [0.1, 0.15) is 18.4 Å².